The zero-order valence-electron chi connectivity index (χ0n) is 14.2. The highest BCUT2D eigenvalue weighted by Gasteiger charge is 2.27. The molecule has 1 saturated heterocycles. The lowest BCUT2D eigenvalue weighted by atomic mass is 10.1. The number of amides is 2. The molecule has 1 aromatic heterocycles. The van der Waals surface area contributed by atoms with E-state index in [4.69, 9.17) is 4.74 Å². The van der Waals surface area contributed by atoms with Crippen molar-refractivity contribution >= 4 is 23.2 Å². The number of nitrogens with one attached hydrogen (secondary N) is 1. The standard InChI is InChI=1S/C16H24N4O3S/c1-19-7-5-12-13(9-19)24-16(18-12)15(22)17-11-4-3-6-20(8-11)14(21)10-23-2/h11H,3-10H2,1-2H3,(H,17,22)/t11-/m0/s1. The van der Waals surface area contributed by atoms with Gasteiger partial charge in [-0.3, -0.25) is 9.59 Å². The smallest absolute Gasteiger partial charge is 0.280 e. The van der Waals surface area contributed by atoms with Crippen LogP contribution >= 0.6 is 11.3 Å². The van der Waals surface area contributed by atoms with E-state index >= 15 is 0 Å². The van der Waals surface area contributed by atoms with Crippen molar-refractivity contribution in [2.75, 3.05) is 40.4 Å². The summed E-state index contributed by atoms with van der Waals surface area (Å²) in [5, 5.41) is 3.58. The Kier molecular flexibility index (Phi) is 5.47. The topological polar surface area (TPSA) is 74.8 Å². The average molecular weight is 352 g/mol. The second kappa shape index (κ2) is 7.58. The minimum absolute atomic E-state index is 0.0179. The molecule has 0 radical (unpaired) electrons. The minimum atomic E-state index is -0.122. The van der Waals surface area contributed by atoms with E-state index in [9.17, 15) is 9.59 Å². The van der Waals surface area contributed by atoms with Crippen molar-refractivity contribution < 1.29 is 14.3 Å². The molecule has 132 valence electrons. The van der Waals surface area contributed by atoms with Crippen LogP contribution in [0.15, 0.2) is 0 Å². The maximum absolute atomic E-state index is 12.5. The third kappa shape index (κ3) is 3.93. The van der Waals surface area contributed by atoms with Crippen molar-refractivity contribution in [2.45, 2.75) is 31.8 Å². The lowest BCUT2D eigenvalue weighted by Crippen LogP contribution is -2.50. The predicted molar refractivity (Wildman–Crippen MR) is 91.1 cm³/mol. The number of nitrogens with zero attached hydrogens (tertiary/aromatic N) is 3. The Morgan fingerprint density at radius 2 is 2.25 bits per heavy atom. The molecular weight excluding hydrogens is 328 g/mol. The third-order valence-corrected chi connectivity index (χ3v) is 5.57. The third-order valence-electron chi connectivity index (χ3n) is 4.49. The predicted octanol–water partition coefficient (Wildman–Crippen LogP) is 0.498. The number of likely N-dealkylation sites (tertiary alicyclic amines) is 1. The van der Waals surface area contributed by atoms with Gasteiger partial charge < -0.3 is 19.9 Å². The van der Waals surface area contributed by atoms with Crippen LogP contribution in [0.25, 0.3) is 0 Å². The summed E-state index contributed by atoms with van der Waals surface area (Å²) in [6.45, 7) is 3.21. The molecule has 2 aliphatic heterocycles. The molecular formula is C16H24N4O3S. The molecule has 0 unspecified atom stereocenters. The zero-order chi connectivity index (χ0) is 17.1. The van der Waals surface area contributed by atoms with Gasteiger partial charge in [0, 0.05) is 50.6 Å². The molecule has 0 aliphatic carbocycles. The quantitative estimate of drug-likeness (QED) is 0.854. The van der Waals surface area contributed by atoms with Crippen LogP contribution in [0.5, 0.6) is 0 Å². The Balaban J connectivity index is 1.59. The van der Waals surface area contributed by atoms with Crippen LogP contribution in [0.4, 0.5) is 0 Å². The van der Waals surface area contributed by atoms with Crippen LogP contribution in [-0.4, -0.2) is 73.0 Å². The summed E-state index contributed by atoms with van der Waals surface area (Å²) < 4.78 is 4.91. The van der Waals surface area contributed by atoms with Gasteiger partial charge in [-0.1, -0.05) is 0 Å². The van der Waals surface area contributed by atoms with Crippen molar-refractivity contribution in [3.63, 3.8) is 0 Å². The fourth-order valence-corrected chi connectivity index (χ4v) is 4.29. The van der Waals surface area contributed by atoms with Crippen LogP contribution in [0, 0.1) is 0 Å². The SMILES string of the molecule is COCC(=O)N1CCC[C@H](NC(=O)c2nc3c(s2)CN(C)CC3)C1. The van der Waals surface area contributed by atoms with Gasteiger partial charge >= 0.3 is 0 Å². The van der Waals surface area contributed by atoms with Crippen LogP contribution in [0.2, 0.25) is 0 Å². The molecule has 1 aromatic rings. The van der Waals surface area contributed by atoms with Crippen molar-refractivity contribution in [3.8, 4) is 0 Å². The maximum atomic E-state index is 12.5. The monoisotopic (exact) mass is 352 g/mol. The summed E-state index contributed by atoms with van der Waals surface area (Å²) in [7, 11) is 3.60. The molecule has 3 heterocycles. The Labute approximate surface area is 146 Å². The fraction of sp³-hybridized carbons (Fsp3) is 0.688. The van der Waals surface area contributed by atoms with Crippen molar-refractivity contribution in [2.24, 2.45) is 0 Å². The Morgan fingerprint density at radius 3 is 3.04 bits per heavy atom. The molecule has 2 amide bonds. The van der Waals surface area contributed by atoms with Crippen molar-refractivity contribution in [1.82, 2.24) is 20.1 Å². The van der Waals surface area contributed by atoms with Gasteiger partial charge in [0.15, 0.2) is 5.01 Å². The molecule has 24 heavy (non-hydrogen) atoms. The Morgan fingerprint density at radius 1 is 1.42 bits per heavy atom. The van der Waals surface area contributed by atoms with Crippen molar-refractivity contribution in [1.29, 1.82) is 0 Å². The number of piperidine rings is 1. The summed E-state index contributed by atoms with van der Waals surface area (Å²) in [6, 6.07) is -0.0179. The number of aromatic nitrogens is 1. The van der Waals surface area contributed by atoms with Crippen LogP contribution in [0.1, 0.15) is 33.2 Å². The van der Waals surface area contributed by atoms with E-state index < -0.39 is 0 Å². The number of ether oxygens (including phenoxy) is 1. The molecule has 0 spiro atoms. The molecule has 7 nitrogen and oxygen atoms in total. The van der Waals surface area contributed by atoms with Gasteiger partial charge in [0.2, 0.25) is 5.91 Å². The lowest BCUT2D eigenvalue weighted by molar-refractivity contribution is -0.136. The molecule has 0 aromatic carbocycles. The molecule has 2 aliphatic rings. The minimum Gasteiger partial charge on any atom is -0.375 e. The Hall–Kier alpha value is -1.51. The van der Waals surface area contributed by atoms with Crippen LogP contribution < -0.4 is 5.32 Å². The van der Waals surface area contributed by atoms with E-state index in [0.29, 0.717) is 11.6 Å². The molecule has 1 fully saturated rings. The second-order valence-corrected chi connectivity index (χ2v) is 7.55. The highest BCUT2D eigenvalue weighted by molar-refractivity contribution is 7.13. The fourth-order valence-electron chi connectivity index (χ4n) is 3.20. The number of thiazole rings is 1. The van der Waals surface area contributed by atoms with Gasteiger partial charge in [-0.25, -0.2) is 4.98 Å². The first-order valence-electron chi connectivity index (χ1n) is 8.31. The average Bonchev–Trinajstić information content (AvgIpc) is 2.98. The molecule has 3 rings (SSSR count). The Bertz CT molecular complexity index is 618. The number of carbonyl (C=O) groups is 2. The van der Waals surface area contributed by atoms with E-state index in [-0.39, 0.29) is 24.5 Å². The number of methoxy groups -OCH3 is 1. The van der Waals surface area contributed by atoms with Gasteiger partial charge in [-0.05, 0) is 19.9 Å². The number of carbonyl (C=O) groups excluding carboxylic acids is 2. The largest absolute Gasteiger partial charge is 0.375 e. The van der Waals surface area contributed by atoms with Gasteiger partial charge in [0.25, 0.3) is 5.91 Å². The second-order valence-electron chi connectivity index (χ2n) is 6.46. The molecule has 1 N–H and O–H groups in total. The first-order valence-corrected chi connectivity index (χ1v) is 9.13. The van der Waals surface area contributed by atoms with E-state index in [1.807, 2.05) is 0 Å². The van der Waals surface area contributed by atoms with Gasteiger partial charge in [0.1, 0.15) is 6.61 Å². The number of rotatable bonds is 4. The van der Waals surface area contributed by atoms with E-state index in [0.717, 1.165) is 44.6 Å². The van der Waals surface area contributed by atoms with E-state index in [1.54, 1.807) is 4.90 Å². The van der Waals surface area contributed by atoms with Gasteiger partial charge in [-0.15, -0.1) is 11.3 Å². The lowest BCUT2D eigenvalue weighted by Gasteiger charge is -2.32. The number of fused-ring (bicyclic) bond motifs is 1. The van der Waals surface area contributed by atoms with E-state index in [1.165, 1.54) is 23.3 Å². The van der Waals surface area contributed by atoms with Crippen LogP contribution in [0.3, 0.4) is 0 Å². The summed E-state index contributed by atoms with van der Waals surface area (Å²) in [6.07, 6.45) is 2.67. The molecule has 0 bridgehead atoms. The summed E-state index contributed by atoms with van der Waals surface area (Å²) in [5.41, 5.74) is 1.06. The first-order chi connectivity index (χ1) is 11.6. The van der Waals surface area contributed by atoms with Crippen molar-refractivity contribution in [3.05, 3.63) is 15.6 Å². The highest BCUT2D eigenvalue weighted by atomic mass is 32.1. The van der Waals surface area contributed by atoms with Gasteiger partial charge in [-0.2, -0.15) is 0 Å². The summed E-state index contributed by atoms with van der Waals surface area (Å²) >= 11 is 1.49. The number of hydrogen-bond donors (Lipinski definition) is 1. The van der Waals surface area contributed by atoms with Gasteiger partial charge in [0.05, 0.1) is 5.69 Å². The number of hydrogen-bond acceptors (Lipinski definition) is 6. The summed E-state index contributed by atoms with van der Waals surface area (Å²) in [4.78, 5) is 34.2. The number of likely N-dealkylation sites (N-methyl/N-ethyl adjacent to an activating group) is 1. The molecule has 1 atom stereocenters. The molecule has 0 saturated carbocycles. The summed E-state index contributed by atoms with van der Waals surface area (Å²) in [5.74, 6) is -0.146. The highest BCUT2D eigenvalue weighted by Crippen LogP contribution is 2.24. The zero-order valence-corrected chi connectivity index (χ0v) is 15.0. The maximum Gasteiger partial charge on any atom is 0.280 e. The van der Waals surface area contributed by atoms with E-state index in [2.05, 4.69) is 22.2 Å². The first kappa shape index (κ1) is 17.3. The van der Waals surface area contributed by atoms with Crippen LogP contribution in [-0.2, 0) is 22.5 Å². The normalized spacial score (nSPS) is 21.4. The molecule has 8 heteroatoms.